The molecular weight excluding hydrogens is 236 g/mol. The summed E-state index contributed by atoms with van der Waals surface area (Å²) < 4.78 is 0. The van der Waals surface area contributed by atoms with Gasteiger partial charge in [-0.1, -0.05) is 50.2 Å². The number of nitrogens with zero attached hydrogens (tertiary/aromatic N) is 1. The van der Waals surface area contributed by atoms with Crippen molar-refractivity contribution in [3.63, 3.8) is 0 Å². The molecule has 0 spiro atoms. The Hall–Kier alpha value is -2.16. The number of hydrazone groups is 1. The quantitative estimate of drug-likeness (QED) is 0.660. The maximum absolute atomic E-state index is 12.2. The van der Waals surface area contributed by atoms with Crippen LogP contribution in [0.2, 0.25) is 0 Å². The maximum atomic E-state index is 12.2. The van der Waals surface area contributed by atoms with Gasteiger partial charge in [0.15, 0.2) is 0 Å². The van der Waals surface area contributed by atoms with E-state index < -0.39 is 0 Å². The molecule has 0 unspecified atom stereocenters. The van der Waals surface area contributed by atoms with Crippen LogP contribution in [-0.4, -0.2) is 11.6 Å². The van der Waals surface area contributed by atoms with Crippen molar-refractivity contribution in [2.45, 2.75) is 20.8 Å². The van der Waals surface area contributed by atoms with Gasteiger partial charge in [0.1, 0.15) is 0 Å². The molecule has 0 aromatic heterocycles. The van der Waals surface area contributed by atoms with Crippen molar-refractivity contribution < 1.29 is 4.79 Å². The number of nitrogens with one attached hydrogen (secondary N) is 1. The molecule has 0 aliphatic heterocycles. The van der Waals surface area contributed by atoms with Crippen molar-refractivity contribution in [1.82, 2.24) is 5.43 Å². The van der Waals surface area contributed by atoms with Crippen LogP contribution in [0, 0.1) is 5.92 Å². The zero-order valence-electron chi connectivity index (χ0n) is 11.5. The first-order valence-corrected chi connectivity index (χ1v) is 6.42. The number of benzene rings is 2. The monoisotopic (exact) mass is 254 g/mol. The first kappa shape index (κ1) is 13.3. The number of hydrogen-bond acceptors (Lipinski definition) is 2. The second kappa shape index (κ2) is 5.65. The molecule has 0 aliphatic carbocycles. The highest BCUT2D eigenvalue weighted by Crippen LogP contribution is 2.18. The fraction of sp³-hybridized carbons (Fsp3) is 0.250. The molecule has 2 aromatic rings. The Morgan fingerprint density at radius 1 is 1.11 bits per heavy atom. The van der Waals surface area contributed by atoms with Crippen LogP contribution in [0.3, 0.4) is 0 Å². The molecule has 2 rings (SSSR count). The molecule has 98 valence electrons. The minimum Gasteiger partial charge on any atom is -0.267 e. The van der Waals surface area contributed by atoms with Gasteiger partial charge in [-0.3, -0.25) is 4.79 Å². The third-order valence-corrected chi connectivity index (χ3v) is 3.20. The summed E-state index contributed by atoms with van der Waals surface area (Å²) in [4.78, 5) is 12.2. The largest absolute Gasteiger partial charge is 0.271 e. The summed E-state index contributed by atoms with van der Waals surface area (Å²) in [5.74, 6) is 0.157. The zero-order valence-corrected chi connectivity index (χ0v) is 11.5. The lowest BCUT2D eigenvalue weighted by Crippen LogP contribution is -2.20. The number of hydrogen-bond donors (Lipinski definition) is 1. The third-order valence-electron chi connectivity index (χ3n) is 3.20. The lowest BCUT2D eigenvalue weighted by atomic mass is 10.0. The molecule has 3 nitrogen and oxygen atoms in total. The summed E-state index contributed by atoms with van der Waals surface area (Å²) in [6.45, 7) is 6.00. The lowest BCUT2D eigenvalue weighted by Gasteiger charge is -2.07. The molecule has 0 fully saturated rings. The van der Waals surface area contributed by atoms with Crippen LogP contribution in [0.1, 0.15) is 31.1 Å². The number of fused-ring (bicyclic) bond motifs is 1. The smallest absolute Gasteiger partial charge is 0.267 e. The van der Waals surface area contributed by atoms with Crippen molar-refractivity contribution in [3.8, 4) is 0 Å². The molecule has 3 heteroatoms. The fourth-order valence-electron chi connectivity index (χ4n) is 1.75. The van der Waals surface area contributed by atoms with E-state index in [1.807, 2.05) is 63.2 Å². The maximum Gasteiger partial charge on any atom is 0.271 e. The Morgan fingerprint density at radius 3 is 2.53 bits per heavy atom. The van der Waals surface area contributed by atoms with Gasteiger partial charge in [-0.15, -0.1) is 0 Å². The minimum absolute atomic E-state index is 0.170. The van der Waals surface area contributed by atoms with E-state index in [9.17, 15) is 4.79 Å². The molecule has 0 bridgehead atoms. The predicted molar refractivity (Wildman–Crippen MR) is 79.4 cm³/mol. The van der Waals surface area contributed by atoms with Gasteiger partial charge in [-0.25, -0.2) is 5.43 Å². The van der Waals surface area contributed by atoms with E-state index in [0.717, 1.165) is 16.5 Å². The van der Waals surface area contributed by atoms with Gasteiger partial charge in [-0.2, -0.15) is 5.10 Å². The number of carbonyl (C=O) groups excluding carboxylic acids is 1. The van der Waals surface area contributed by atoms with Crippen LogP contribution in [0.4, 0.5) is 0 Å². The van der Waals surface area contributed by atoms with Crippen molar-refractivity contribution in [2.24, 2.45) is 11.0 Å². The van der Waals surface area contributed by atoms with E-state index in [1.54, 1.807) is 0 Å². The topological polar surface area (TPSA) is 41.5 Å². The summed E-state index contributed by atoms with van der Waals surface area (Å²) in [6.07, 6.45) is 0. The highest BCUT2D eigenvalue weighted by Gasteiger charge is 2.09. The average Bonchev–Trinajstić information content (AvgIpc) is 2.43. The molecule has 1 amide bonds. The zero-order chi connectivity index (χ0) is 13.8. The predicted octanol–water partition coefficient (Wildman–Crippen LogP) is 3.60. The van der Waals surface area contributed by atoms with Crippen molar-refractivity contribution >= 4 is 22.4 Å². The SMILES string of the molecule is C/C(=N\NC(=O)c1cccc2ccccc12)C(C)C. The third kappa shape index (κ3) is 2.99. The number of carbonyl (C=O) groups is 1. The molecule has 19 heavy (non-hydrogen) atoms. The van der Waals surface area contributed by atoms with Crippen LogP contribution < -0.4 is 5.43 Å². The van der Waals surface area contributed by atoms with Gasteiger partial charge in [0.2, 0.25) is 0 Å². The van der Waals surface area contributed by atoms with Crippen molar-refractivity contribution in [2.75, 3.05) is 0 Å². The summed E-state index contributed by atoms with van der Waals surface area (Å²) in [5.41, 5.74) is 4.18. The summed E-state index contributed by atoms with van der Waals surface area (Å²) in [7, 11) is 0. The molecule has 2 aromatic carbocycles. The average molecular weight is 254 g/mol. The number of rotatable bonds is 3. The van der Waals surface area contributed by atoms with E-state index in [4.69, 9.17) is 0 Å². The van der Waals surface area contributed by atoms with Crippen molar-refractivity contribution in [1.29, 1.82) is 0 Å². The van der Waals surface area contributed by atoms with E-state index in [2.05, 4.69) is 10.5 Å². The van der Waals surface area contributed by atoms with Crippen LogP contribution in [0.5, 0.6) is 0 Å². The van der Waals surface area contributed by atoms with Gasteiger partial charge in [0, 0.05) is 11.3 Å². The van der Waals surface area contributed by atoms with Gasteiger partial charge in [0.05, 0.1) is 0 Å². The Bertz CT molecular complexity index is 624. The highest BCUT2D eigenvalue weighted by molar-refractivity contribution is 6.07. The van der Waals surface area contributed by atoms with Gasteiger partial charge < -0.3 is 0 Å². The standard InChI is InChI=1S/C16H18N2O/c1-11(2)12(3)17-18-16(19)15-10-6-8-13-7-4-5-9-14(13)15/h4-11H,1-3H3,(H,18,19)/b17-12+. The van der Waals surface area contributed by atoms with E-state index in [-0.39, 0.29) is 5.91 Å². The molecule has 0 saturated carbocycles. The van der Waals surface area contributed by atoms with Crippen molar-refractivity contribution in [3.05, 3.63) is 48.0 Å². The Balaban J connectivity index is 2.30. The summed E-state index contributed by atoms with van der Waals surface area (Å²) >= 11 is 0. The molecule has 0 heterocycles. The lowest BCUT2D eigenvalue weighted by molar-refractivity contribution is 0.0956. The van der Waals surface area contributed by atoms with Gasteiger partial charge in [-0.05, 0) is 29.7 Å². The minimum atomic E-state index is -0.170. The van der Waals surface area contributed by atoms with Gasteiger partial charge >= 0.3 is 0 Å². The first-order chi connectivity index (χ1) is 9.09. The highest BCUT2D eigenvalue weighted by atomic mass is 16.2. The molecule has 0 radical (unpaired) electrons. The Labute approximate surface area is 113 Å². The van der Waals surface area contributed by atoms with Crippen LogP contribution in [0.15, 0.2) is 47.6 Å². The Kier molecular flexibility index (Phi) is 3.95. The van der Waals surface area contributed by atoms with Crippen LogP contribution in [-0.2, 0) is 0 Å². The number of amides is 1. The normalized spacial score (nSPS) is 11.9. The fourth-order valence-corrected chi connectivity index (χ4v) is 1.75. The molecule has 1 N–H and O–H groups in total. The molecule has 0 saturated heterocycles. The van der Waals surface area contributed by atoms with E-state index >= 15 is 0 Å². The van der Waals surface area contributed by atoms with Crippen LogP contribution in [0.25, 0.3) is 10.8 Å². The van der Waals surface area contributed by atoms with Gasteiger partial charge in [0.25, 0.3) is 5.91 Å². The first-order valence-electron chi connectivity index (χ1n) is 6.42. The second-order valence-electron chi connectivity index (χ2n) is 4.88. The molecule has 0 aliphatic rings. The second-order valence-corrected chi connectivity index (χ2v) is 4.88. The molecule has 0 atom stereocenters. The Morgan fingerprint density at radius 2 is 1.79 bits per heavy atom. The summed E-state index contributed by atoms with van der Waals surface area (Å²) in [6, 6.07) is 13.5. The van der Waals surface area contributed by atoms with Crippen LogP contribution >= 0.6 is 0 Å². The van der Waals surface area contributed by atoms with E-state index in [0.29, 0.717) is 11.5 Å². The summed E-state index contributed by atoms with van der Waals surface area (Å²) in [5, 5.41) is 6.12. The van der Waals surface area contributed by atoms with E-state index in [1.165, 1.54) is 0 Å². The molecular formula is C16H18N2O.